The third-order valence-electron chi connectivity index (χ3n) is 3.81. The van der Waals surface area contributed by atoms with E-state index in [1.165, 1.54) is 32.4 Å². The average Bonchev–Trinajstić information content (AvgIpc) is 2.47. The second-order valence-corrected chi connectivity index (χ2v) is 6.33. The summed E-state index contributed by atoms with van der Waals surface area (Å²) in [4.78, 5) is 14.5. The number of hydrogen-bond donors (Lipinski definition) is 1. The third kappa shape index (κ3) is 4.60. The standard InChI is InChI=1S/C16H23BrN2O/c1-13-12-14(6-7-15(13)17)16(20)18-8-5-11-19-9-3-2-4-10-19/h6-7,12H,2-5,8-11H2,1H3,(H,18,20). The molecule has 1 aromatic rings. The number of rotatable bonds is 5. The minimum absolute atomic E-state index is 0.0271. The van der Waals surface area contributed by atoms with Crippen LogP contribution in [0.4, 0.5) is 0 Å². The summed E-state index contributed by atoms with van der Waals surface area (Å²) in [6.07, 6.45) is 5.05. The van der Waals surface area contributed by atoms with Gasteiger partial charge in [-0.2, -0.15) is 0 Å². The first-order chi connectivity index (χ1) is 9.66. The highest BCUT2D eigenvalue weighted by molar-refractivity contribution is 9.10. The summed E-state index contributed by atoms with van der Waals surface area (Å²) in [5.74, 6) is 0.0271. The molecule has 2 rings (SSSR count). The van der Waals surface area contributed by atoms with Crippen LogP contribution in [0.3, 0.4) is 0 Å². The lowest BCUT2D eigenvalue weighted by Gasteiger charge is -2.26. The predicted molar refractivity (Wildman–Crippen MR) is 86.1 cm³/mol. The molecule has 1 fully saturated rings. The zero-order valence-corrected chi connectivity index (χ0v) is 13.7. The van der Waals surface area contributed by atoms with Crippen molar-refractivity contribution in [2.24, 2.45) is 0 Å². The fourth-order valence-electron chi connectivity index (χ4n) is 2.58. The van der Waals surface area contributed by atoms with Crippen LogP contribution in [-0.4, -0.2) is 37.0 Å². The first-order valence-corrected chi connectivity index (χ1v) is 8.23. The van der Waals surface area contributed by atoms with E-state index in [2.05, 4.69) is 26.1 Å². The molecule has 1 aliphatic rings. The van der Waals surface area contributed by atoms with Gasteiger partial charge in [-0.25, -0.2) is 0 Å². The Morgan fingerprint density at radius 3 is 2.75 bits per heavy atom. The molecular formula is C16H23BrN2O. The smallest absolute Gasteiger partial charge is 0.251 e. The van der Waals surface area contributed by atoms with Crippen LogP contribution in [-0.2, 0) is 0 Å². The van der Waals surface area contributed by atoms with Gasteiger partial charge in [0, 0.05) is 16.6 Å². The van der Waals surface area contributed by atoms with Gasteiger partial charge < -0.3 is 10.2 Å². The van der Waals surface area contributed by atoms with Gasteiger partial charge in [-0.1, -0.05) is 22.4 Å². The fourth-order valence-corrected chi connectivity index (χ4v) is 2.82. The number of carbonyl (C=O) groups is 1. The molecular weight excluding hydrogens is 316 g/mol. The summed E-state index contributed by atoms with van der Waals surface area (Å²) in [5.41, 5.74) is 1.83. The van der Waals surface area contributed by atoms with Crippen LogP contribution in [0, 0.1) is 6.92 Å². The van der Waals surface area contributed by atoms with Crippen LogP contribution < -0.4 is 5.32 Å². The summed E-state index contributed by atoms with van der Waals surface area (Å²) >= 11 is 3.45. The molecule has 1 aromatic carbocycles. The lowest BCUT2D eigenvalue weighted by Crippen LogP contribution is -2.33. The zero-order chi connectivity index (χ0) is 14.4. The van der Waals surface area contributed by atoms with Crippen LogP contribution in [0.15, 0.2) is 22.7 Å². The lowest BCUT2D eigenvalue weighted by atomic mass is 10.1. The van der Waals surface area contributed by atoms with Gasteiger partial charge in [0.2, 0.25) is 0 Å². The summed E-state index contributed by atoms with van der Waals surface area (Å²) in [5, 5.41) is 3.00. The van der Waals surface area contributed by atoms with Crippen molar-refractivity contribution in [2.75, 3.05) is 26.2 Å². The maximum atomic E-state index is 12.0. The molecule has 0 aromatic heterocycles. The van der Waals surface area contributed by atoms with Crippen LogP contribution in [0.2, 0.25) is 0 Å². The largest absolute Gasteiger partial charge is 0.352 e. The van der Waals surface area contributed by atoms with Crippen molar-refractivity contribution in [2.45, 2.75) is 32.6 Å². The molecule has 0 spiro atoms. The van der Waals surface area contributed by atoms with E-state index in [1.54, 1.807) is 0 Å². The minimum atomic E-state index is 0.0271. The minimum Gasteiger partial charge on any atom is -0.352 e. The van der Waals surface area contributed by atoms with Gasteiger partial charge >= 0.3 is 0 Å². The summed E-state index contributed by atoms with van der Waals surface area (Å²) in [7, 11) is 0. The van der Waals surface area contributed by atoms with Gasteiger partial charge in [0.25, 0.3) is 5.91 Å². The second-order valence-electron chi connectivity index (χ2n) is 5.48. The van der Waals surface area contributed by atoms with Crippen molar-refractivity contribution < 1.29 is 4.79 Å². The highest BCUT2D eigenvalue weighted by Gasteiger charge is 2.10. The Labute approximate surface area is 129 Å². The quantitative estimate of drug-likeness (QED) is 0.835. The number of nitrogens with zero attached hydrogens (tertiary/aromatic N) is 1. The number of halogens is 1. The van der Waals surface area contributed by atoms with Gasteiger partial charge in [0.1, 0.15) is 0 Å². The number of hydrogen-bond acceptors (Lipinski definition) is 2. The Morgan fingerprint density at radius 2 is 2.05 bits per heavy atom. The summed E-state index contributed by atoms with van der Waals surface area (Å²) in [6, 6.07) is 5.71. The first kappa shape index (κ1) is 15.5. The maximum absolute atomic E-state index is 12.0. The van der Waals surface area contributed by atoms with E-state index in [0.29, 0.717) is 0 Å². The van der Waals surface area contributed by atoms with E-state index in [1.807, 2.05) is 25.1 Å². The van der Waals surface area contributed by atoms with Crippen molar-refractivity contribution in [3.63, 3.8) is 0 Å². The predicted octanol–water partition coefficient (Wildman–Crippen LogP) is 3.36. The molecule has 0 bridgehead atoms. The van der Waals surface area contributed by atoms with Crippen molar-refractivity contribution in [1.29, 1.82) is 0 Å². The summed E-state index contributed by atoms with van der Waals surface area (Å²) < 4.78 is 1.04. The van der Waals surface area contributed by atoms with Gasteiger partial charge in [-0.3, -0.25) is 4.79 Å². The molecule has 0 aliphatic carbocycles. The fraction of sp³-hybridized carbons (Fsp3) is 0.562. The number of piperidine rings is 1. The Bertz CT molecular complexity index is 456. The maximum Gasteiger partial charge on any atom is 0.251 e. The molecule has 1 heterocycles. The third-order valence-corrected chi connectivity index (χ3v) is 4.70. The van der Waals surface area contributed by atoms with E-state index in [-0.39, 0.29) is 5.91 Å². The Hall–Kier alpha value is -0.870. The number of aryl methyl sites for hydroxylation is 1. The monoisotopic (exact) mass is 338 g/mol. The van der Waals surface area contributed by atoms with Gasteiger partial charge in [0.15, 0.2) is 0 Å². The molecule has 1 aliphatic heterocycles. The topological polar surface area (TPSA) is 32.3 Å². The van der Waals surface area contributed by atoms with E-state index in [9.17, 15) is 4.79 Å². The second kappa shape index (κ2) is 7.79. The van der Waals surface area contributed by atoms with E-state index < -0.39 is 0 Å². The first-order valence-electron chi connectivity index (χ1n) is 7.43. The number of carbonyl (C=O) groups excluding carboxylic acids is 1. The molecule has 4 heteroatoms. The van der Waals surface area contributed by atoms with E-state index in [0.717, 1.165) is 35.1 Å². The lowest BCUT2D eigenvalue weighted by molar-refractivity contribution is 0.0951. The SMILES string of the molecule is Cc1cc(C(=O)NCCCN2CCCCC2)ccc1Br. The van der Waals surface area contributed by atoms with E-state index >= 15 is 0 Å². The molecule has 1 amide bonds. The van der Waals surface area contributed by atoms with Crippen molar-refractivity contribution in [3.8, 4) is 0 Å². The highest BCUT2D eigenvalue weighted by Crippen LogP contribution is 2.17. The Balaban J connectivity index is 1.70. The number of benzene rings is 1. The molecule has 110 valence electrons. The van der Waals surface area contributed by atoms with Crippen LogP contribution in [0.1, 0.15) is 41.6 Å². The summed E-state index contributed by atoms with van der Waals surface area (Å²) in [6.45, 7) is 6.29. The number of nitrogens with one attached hydrogen (secondary N) is 1. The van der Waals surface area contributed by atoms with Crippen LogP contribution in [0.25, 0.3) is 0 Å². The molecule has 0 atom stereocenters. The molecule has 0 saturated carbocycles. The van der Waals surface area contributed by atoms with Crippen LogP contribution in [0.5, 0.6) is 0 Å². The van der Waals surface area contributed by atoms with Gasteiger partial charge in [-0.05, 0) is 69.6 Å². The highest BCUT2D eigenvalue weighted by atomic mass is 79.9. The molecule has 1 N–H and O–H groups in total. The Morgan fingerprint density at radius 1 is 1.30 bits per heavy atom. The zero-order valence-electron chi connectivity index (χ0n) is 12.1. The molecule has 3 nitrogen and oxygen atoms in total. The van der Waals surface area contributed by atoms with Gasteiger partial charge in [-0.15, -0.1) is 0 Å². The molecule has 0 radical (unpaired) electrons. The molecule has 1 saturated heterocycles. The van der Waals surface area contributed by atoms with Crippen molar-refractivity contribution in [3.05, 3.63) is 33.8 Å². The average molecular weight is 339 g/mol. The molecule has 0 unspecified atom stereocenters. The normalized spacial score (nSPS) is 16.1. The van der Waals surface area contributed by atoms with Crippen molar-refractivity contribution in [1.82, 2.24) is 10.2 Å². The Kier molecular flexibility index (Phi) is 6.05. The van der Waals surface area contributed by atoms with Crippen LogP contribution >= 0.6 is 15.9 Å². The number of amides is 1. The molecule has 20 heavy (non-hydrogen) atoms. The number of likely N-dealkylation sites (tertiary alicyclic amines) is 1. The van der Waals surface area contributed by atoms with Gasteiger partial charge in [0.05, 0.1) is 0 Å². The van der Waals surface area contributed by atoms with Crippen molar-refractivity contribution >= 4 is 21.8 Å². The van der Waals surface area contributed by atoms with E-state index in [4.69, 9.17) is 0 Å².